The number of hydrogen-bond donors (Lipinski definition) is 2. The first-order valence-electron chi connectivity index (χ1n) is 10.6. The molecule has 1 aliphatic heterocycles. The van der Waals surface area contributed by atoms with Crippen LogP contribution in [-0.4, -0.2) is 42.9 Å². The largest absolute Gasteiger partial charge is 0.489 e. The van der Waals surface area contributed by atoms with E-state index in [1.54, 1.807) is 7.05 Å². The summed E-state index contributed by atoms with van der Waals surface area (Å²) in [5.74, 6) is 1.84. The number of ether oxygens (including phenoxy) is 1. The van der Waals surface area contributed by atoms with Crippen molar-refractivity contribution in [3.63, 3.8) is 0 Å². The molecule has 2 aromatic carbocycles. The van der Waals surface area contributed by atoms with Gasteiger partial charge in [-0.1, -0.05) is 62.4 Å². The Morgan fingerprint density at radius 3 is 2.58 bits per heavy atom. The van der Waals surface area contributed by atoms with Gasteiger partial charge in [0.05, 0.1) is 0 Å². The van der Waals surface area contributed by atoms with Crippen molar-refractivity contribution < 1.29 is 9.53 Å². The highest BCUT2D eigenvalue weighted by atomic mass is 127. The van der Waals surface area contributed by atoms with Crippen LogP contribution in [0.1, 0.15) is 31.4 Å². The highest BCUT2D eigenvalue weighted by Crippen LogP contribution is 2.19. The first-order chi connectivity index (χ1) is 14.6. The van der Waals surface area contributed by atoms with Gasteiger partial charge in [-0.25, -0.2) is 0 Å². The third kappa shape index (κ3) is 7.41. The van der Waals surface area contributed by atoms with Gasteiger partial charge in [0.25, 0.3) is 0 Å². The summed E-state index contributed by atoms with van der Waals surface area (Å²) in [5.41, 5.74) is 2.21. The average molecular weight is 536 g/mol. The number of benzene rings is 2. The van der Waals surface area contributed by atoms with Gasteiger partial charge in [-0.15, -0.1) is 24.0 Å². The Morgan fingerprint density at radius 2 is 1.87 bits per heavy atom. The van der Waals surface area contributed by atoms with Crippen molar-refractivity contribution in [3.05, 3.63) is 65.7 Å². The molecule has 2 N–H and O–H groups in total. The van der Waals surface area contributed by atoms with Crippen LogP contribution in [0.15, 0.2) is 59.6 Å². The molecule has 3 rings (SSSR count). The number of likely N-dealkylation sites (tertiary alicyclic amines) is 1. The smallest absolute Gasteiger partial charge is 0.225 e. The van der Waals surface area contributed by atoms with Gasteiger partial charge in [-0.05, 0) is 18.1 Å². The zero-order valence-corrected chi connectivity index (χ0v) is 20.8. The molecule has 168 valence electrons. The molecule has 1 unspecified atom stereocenters. The summed E-state index contributed by atoms with van der Waals surface area (Å²) >= 11 is 0. The Balaban J connectivity index is 0.00000341. The number of halogens is 1. The van der Waals surface area contributed by atoms with E-state index in [1.807, 2.05) is 55.1 Å². The molecule has 1 saturated heterocycles. The molecule has 0 spiro atoms. The second-order valence-electron chi connectivity index (χ2n) is 7.88. The van der Waals surface area contributed by atoms with Gasteiger partial charge in [-0.3, -0.25) is 9.79 Å². The molecule has 0 radical (unpaired) electrons. The second-order valence-corrected chi connectivity index (χ2v) is 7.88. The lowest BCUT2D eigenvalue weighted by atomic mass is 10.2. The molecular formula is C24H33IN4O2. The van der Waals surface area contributed by atoms with Crippen LogP contribution in [0.5, 0.6) is 5.75 Å². The molecule has 2 aromatic rings. The SMILES string of the molecule is CN=C(NCc1ccccc1OCc1ccccc1)NC1CCN(C(=O)C(C)C)C1.I. The van der Waals surface area contributed by atoms with E-state index >= 15 is 0 Å². The molecule has 31 heavy (non-hydrogen) atoms. The molecule has 0 aromatic heterocycles. The van der Waals surface area contributed by atoms with Crippen LogP contribution in [-0.2, 0) is 17.9 Å². The molecule has 7 heteroatoms. The third-order valence-corrected chi connectivity index (χ3v) is 5.21. The predicted molar refractivity (Wildman–Crippen MR) is 136 cm³/mol. The van der Waals surface area contributed by atoms with Crippen LogP contribution in [0.25, 0.3) is 0 Å². The number of amides is 1. The zero-order chi connectivity index (χ0) is 21.3. The van der Waals surface area contributed by atoms with Gasteiger partial charge in [-0.2, -0.15) is 0 Å². The fourth-order valence-electron chi connectivity index (χ4n) is 3.54. The molecule has 1 heterocycles. The van der Waals surface area contributed by atoms with Crippen LogP contribution in [0.2, 0.25) is 0 Å². The summed E-state index contributed by atoms with van der Waals surface area (Å²) in [6, 6.07) is 18.4. The topological polar surface area (TPSA) is 66.0 Å². The number of para-hydroxylation sites is 1. The van der Waals surface area contributed by atoms with Crippen molar-refractivity contribution in [1.29, 1.82) is 0 Å². The number of aliphatic imine (C=N–C) groups is 1. The molecule has 1 atom stereocenters. The Labute approximate surface area is 202 Å². The van der Waals surface area contributed by atoms with E-state index in [9.17, 15) is 4.79 Å². The maximum absolute atomic E-state index is 12.2. The van der Waals surface area contributed by atoms with Crippen LogP contribution >= 0.6 is 24.0 Å². The standard InChI is InChI=1S/C24H32N4O2.HI/c1-18(2)23(29)28-14-13-21(16-28)27-24(25-3)26-15-20-11-7-8-12-22(20)30-17-19-9-5-4-6-10-19;/h4-12,18,21H,13-17H2,1-3H3,(H2,25,26,27);1H. The van der Waals surface area contributed by atoms with Gasteiger partial charge in [0.15, 0.2) is 5.96 Å². The molecule has 1 amide bonds. The van der Waals surface area contributed by atoms with Gasteiger partial charge < -0.3 is 20.3 Å². The fourth-order valence-corrected chi connectivity index (χ4v) is 3.54. The number of nitrogens with one attached hydrogen (secondary N) is 2. The summed E-state index contributed by atoms with van der Waals surface area (Å²) in [5, 5.41) is 6.81. The summed E-state index contributed by atoms with van der Waals surface area (Å²) in [4.78, 5) is 18.5. The molecule has 0 aliphatic carbocycles. The molecule has 1 fully saturated rings. The first kappa shape index (κ1) is 25.0. The Kier molecular flexibility index (Phi) is 10.1. The van der Waals surface area contributed by atoms with Crippen LogP contribution in [0.3, 0.4) is 0 Å². The van der Waals surface area contributed by atoms with Gasteiger partial charge >= 0.3 is 0 Å². The van der Waals surface area contributed by atoms with Gasteiger partial charge in [0.2, 0.25) is 5.91 Å². The second kappa shape index (κ2) is 12.5. The highest BCUT2D eigenvalue weighted by Gasteiger charge is 2.27. The van der Waals surface area contributed by atoms with Crippen LogP contribution < -0.4 is 15.4 Å². The van der Waals surface area contributed by atoms with E-state index in [2.05, 4.69) is 33.8 Å². The lowest BCUT2D eigenvalue weighted by molar-refractivity contribution is -0.133. The minimum atomic E-state index is 0. The van der Waals surface area contributed by atoms with E-state index in [-0.39, 0.29) is 41.8 Å². The Hall–Kier alpha value is -2.29. The fraction of sp³-hybridized carbons (Fsp3) is 0.417. The predicted octanol–water partition coefficient (Wildman–Crippen LogP) is 3.81. The number of hydrogen-bond acceptors (Lipinski definition) is 3. The quantitative estimate of drug-likeness (QED) is 0.321. The maximum Gasteiger partial charge on any atom is 0.225 e. The summed E-state index contributed by atoms with van der Waals surface area (Å²) in [6.45, 7) is 6.54. The Bertz CT molecular complexity index is 858. The third-order valence-electron chi connectivity index (χ3n) is 5.21. The molecule has 0 bridgehead atoms. The number of carbonyl (C=O) groups is 1. The van der Waals surface area contributed by atoms with Crippen molar-refractivity contribution in [2.45, 2.75) is 39.5 Å². The Morgan fingerprint density at radius 1 is 1.16 bits per heavy atom. The minimum absolute atomic E-state index is 0. The van der Waals surface area contributed by atoms with Crippen LogP contribution in [0.4, 0.5) is 0 Å². The van der Waals surface area contributed by atoms with E-state index in [1.165, 1.54) is 0 Å². The molecular weight excluding hydrogens is 503 g/mol. The normalized spacial score (nSPS) is 16.1. The molecule has 6 nitrogen and oxygen atoms in total. The highest BCUT2D eigenvalue weighted by molar-refractivity contribution is 14.0. The van der Waals surface area contributed by atoms with Crippen molar-refractivity contribution in [3.8, 4) is 5.75 Å². The number of guanidine groups is 1. The van der Waals surface area contributed by atoms with Crippen molar-refractivity contribution in [2.75, 3.05) is 20.1 Å². The average Bonchev–Trinajstić information content (AvgIpc) is 3.24. The zero-order valence-electron chi connectivity index (χ0n) is 18.5. The summed E-state index contributed by atoms with van der Waals surface area (Å²) in [6.07, 6.45) is 0.927. The summed E-state index contributed by atoms with van der Waals surface area (Å²) < 4.78 is 6.04. The van der Waals surface area contributed by atoms with E-state index < -0.39 is 0 Å². The van der Waals surface area contributed by atoms with E-state index in [0.717, 1.165) is 35.8 Å². The lowest BCUT2D eigenvalue weighted by Gasteiger charge is -2.20. The number of rotatable bonds is 7. The maximum atomic E-state index is 12.2. The first-order valence-corrected chi connectivity index (χ1v) is 10.6. The van der Waals surface area contributed by atoms with Gasteiger partial charge in [0.1, 0.15) is 12.4 Å². The van der Waals surface area contributed by atoms with Gasteiger partial charge in [0, 0.05) is 44.2 Å². The number of carbonyl (C=O) groups excluding carboxylic acids is 1. The van der Waals surface area contributed by atoms with Crippen molar-refractivity contribution in [1.82, 2.24) is 15.5 Å². The van der Waals surface area contributed by atoms with Crippen LogP contribution in [0, 0.1) is 5.92 Å². The minimum Gasteiger partial charge on any atom is -0.489 e. The summed E-state index contributed by atoms with van der Waals surface area (Å²) in [7, 11) is 1.76. The van der Waals surface area contributed by atoms with E-state index in [4.69, 9.17) is 4.74 Å². The molecule has 0 saturated carbocycles. The monoisotopic (exact) mass is 536 g/mol. The molecule has 1 aliphatic rings. The van der Waals surface area contributed by atoms with Crippen molar-refractivity contribution in [2.24, 2.45) is 10.9 Å². The lowest BCUT2D eigenvalue weighted by Crippen LogP contribution is -2.45. The van der Waals surface area contributed by atoms with Crippen molar-refractivity contribution >= 4 is 35.8 Å². The number of nitrogens with zero attached hydrogens (tertiary/aromatic N) is 2. The van der Waals surface area contributed by atoms with E-state index in [0.29, 0.717) is 19.7 Å².